The molecule has 2 heterocycles. The quantitative estimate of drug-likeness (QED) is 0.0372. The van der Waals surface area contributed by atoms with Crippen LogP contribution in [0.5, 0.6) is 0 Å². The molecule has 2 saturated heterocycles. The molecule has 10 fully saturated rings. The van der Waals surface area contributed by atoms with Gasteiger partial charge in [-0.1, -0.05) is 98.7 Å². The molecule has 5 aromatic rings. The summed E-state index contributed by atoms with van der Waals surface area (Å²) in [5.74, 6) is -3.11. The molecule has 2 aliphatic heterocycles. The van der Waals surface area contributed by atoms with Crippen molar-refractivity contribution in [3.8, 4) is 0 Å². The number of carbonyl (C=O) groups excluding carboxylic acids is 2. The van der Waals surface area contributed by atoms with Crippen molar-refractivity contribution >= 4 is 34.6 Å². The number of hydrogen-bond acceptors (Lipinski definition) is 9. The molecule has 557 valence electrons. The fraction of sp³-hybridized carbons (Fsp3) is 0.590. The maximum absolute atomic E-state index is 12.8. The third kappa shape index (κ3) is 30.6. The minimum atomic E-state index is -3.43. The molecule has 0 amide bonds. The summed E-state index contributed by atoms with van der Waals surface area (Å²) >= 11 is 1.90. The van der Waals surface area contributed by atoms with Crippen molar-refractivity contribution < 1.29 is 162 Å². The van der Waals surface area contributed by atoms with E-state index in [0.717, 1.165) is 90.6 Å². The molecule has 0 spiro atoms. The molecule has 8 aliphatic carbocycles. The zero-order chi connectivity index (χ0) is 67.8. The molecule has 8 nitrogen and oxygen atoms in total. The topological polar surface area (TPSA) is 112 Å². The average Bonchev–Trinajstić information content (AvgIpc) is 0.739. The molecule has 4 atom stereocenters. The van der Waals surface area contributed by atoms with Crippen molar-refractivity contribution in [2.45, 2.75) is 197 Å². The summed E-state index contributed by atoms with van der Waals surface area (Å²) in [5.41, 5.74) is 3.17. The fourth-order valence-corrected chi connectivity index (χ4v) is 19.7. The van der Waals surface area contributed by atoms with Crippen LogP contribution in [-0.2, 0) is 140 Å². The van der Waals surface area contributed by atoms with Gasteiger partial charge in [-0.3, -0.25) is 0 Å². The van der Waals surface area contributed by atoms with Gasteiger partial charge in [-0.15, -0.1) is 0 Å². The third-order valence-corrected chi connectivity index (χ3v) is 24.5. The second-order valence-electron chi connectivity index (χ2n) is 30.6. The number of benzene rings is 5. The number of esters is 2. The van der Waals surface area contributed by atoms with E-state index in [0.29, 0.717) is 61.3 Å². The molecule has 2 N–H and O–H groups in total. The van der Waals surface area contributed by atoms with Crippen LogP contribution in [0.1, 0.15) is 170 Å². The van der Waals surface area contributed by atoms with Gasteiger partial charge in [0, 0.05) is 114 Å². The zero-order valence-corrected chi connectivity index (χ0v) is 67.6. The number of aliphatic hydroxyl groups is 2. The third-order valence-electron chi connectivity index (χ3n) is 18.6. The summed E-state index contributed by atoms with van der Waals surface area (Å²) in [6.07, 6.45) is 10.3. The van der Waals surface area contributed by atoms with E-state index in [2.05, 4.69) is 147 Å². The van der Waals surface area contributed by atoms with E-state index >= 15 is 0 Å². The SMILES string of the molecule is C1CSCCO1.CC(C)(C)c1ccc([I+]c2ccc(C(C)(C)C)cc2)cc1.CC(C)(C)c1ccc([S+]2CCOCC2)cc1.CC(F)(F)C(=O)OCC12CC3CC(CC(O)(C3)C1)C2.CC(F)(F)C(=O)OCC12CC3CC(CC(O)(C3)C1)C2.[Co].[Co].[Co].[Co].[Cu+2].[c-]1ccccc1.[c-]1ccccc1. The second-order valence-corrected chi connectivity index (χ2v) is 37.1. The molecule has 8 bridgehead atoms. The van der Waals surface area contributed by atoms with Gasteiger partial charge in [0.05, 0.1) is 50.8 Å². The van der Waals surface area contributed by atoms with Gasteiger partial charge in [0.15, 0.2) is 12.0 Å². The van der Waals surface area contributed by atoms with E-state index in [1.807, 2.05) is 72.4 Å². The number of thioether (sulfide) groups is 1. The second kappa shape index (κ2) is 41.5. The van der Waals surface area contributed by atoms with Crippen LogP contribution in [0, 0.1) is 53.8 Å². The van der Waals surface area contributed by atoms with E-state index in [-0.39, 0.29) is 146 Å². The van der Waals surface area contributed by atoms with Crippen LogP contribution >= 0.6 is 11.8 Å². The number of halogens is 5. The molecule has 4 unspecified atom stereocenters. The smallest absolute Gasteiger partial charge is 0.461 e. The van der Waals surface area contributed by atoms with Crippen LogP contribution in [-0.4, -0.2) is 108 Å². The molecule has 5 radical (unpaired) electrons. The van der Waals surface area contributed by atoms with Crippen molar-refractivity contribution in [2.24, 2.45) is 34.5 Å². The molecule has 10 aliphatic rings. The van der Waals surface area contributed by atoms with Gasteiger partial charge in [0.25, 0.3) is 0 Å². The first-order valence-electron chi connectivity index (χ1n) is 33.4. The Labute approximate surface area is 654 Å². The number of rotatable bonds is 9. The Bertz CT molecular complexity index is 2800. The monoisotopic (exact) mass is 1740 g/mol. The molecule has 20 heteroatoms. The fourth-order valence-electron chi connectivity index (χ4n) is 15.0. The van der Waals surface area contributed by atoms with Gasteiger partial charge in [-0.25, -0.2) is 9.59 Å². The van der Waals surface area contributed by atoms with Gasteiger partial charge in [-0.2, -0.15) is 102 Å². The zero-order valence-electron chi connectivity index (χ0n) is 58.8. The van der Waals surface area contributed by atoms with E-state index in [4.69, 9.17) is 18.9 Å². The van der Waals surface area contributed by atoms with Gasteiger partial charge in [0.2, 0.25) is 0 Å². The Kier molecular flexibility index (Phi) is 39.2. The van der Waals surface area contributed by atoms with Crippen LogP contribution in [0.2, 0.25) is 0 Å². The van der Waals surface area contributed by atoms with Crippen LogP contribution in [0.15, 0.2) is 138 Å². The molecule has 15 rings (SSSR count). The summed E-state index contributed by atoms with van der Waals surface area (Å²) < 4.78 is 74.4. The number of carbonyl (C=O) groups is 2. The maximum atomic E-state index is 12.8. The first kappa shape index (κ1) is 92.7. The summed E-state index contributed by atoms with van der Waals surface area (Å²) in [7, 11) is 0.432. The Balaban J connectivity index is 0.000000403. The van der Waals surface area contributed by atoms with E-state index < -0.39 is 35.0 Å². The predicted molar refractivity (Wildman–Crippen MR) is 365 cm³/mol. The van der Waals surface area contributed by atoms with E-state index in [1.165, 1.54) is 51.7 Å². The largest absolute Gasteiger partial charge is 2.00 e. The summed E-state index contributed by atoms with van der Waals surface area (Å²) in [4.78, 5) is 23.9. The van der Waals surface area contributed by atoms with Crippen LogP contribution in [0.4, 0.5) is 17.6 Å². The minimum absolute atomic E-state index is 0. The van der Waals surface area contributed by atoms with Crippen molar-refractivity contribution in [2.75, 3.05) is 62.7 Å². The molecule has 8 saturated carbocycles. The number of hydrogen-bond donors (Lipinski definition) is 2. The van der Waals surface area contributed by atoms with Crippen LogP contribution in [0.25, 0.3) is 0 Å². The van der Waals surface area contributed by atoms with Crippen molar-refractivity contribution in [3.05, 3.63) is 169 Å². The Morgan fingerprint density at radius 2 is 0.806 bits per heavy atom. The molecule has 98 heavy (non-hydrogen) atoms. The Hall–Kier alpha value is -1.42. The van der Waals surface area contributed by atoms with Gasteiger partial charge in [0.1, 0.15) is 11.5 Å². The van der Waals surface area contributed by atoms with E-state index in [9.17, 15) is 37.4 Å². The van der Waals surface area contributed by atoms with Gasteiger partial charge >= 0.3 is 62.1 Å². The predicted octanol–water partition coefficient (Wildman–Crippen LogP) is 14.1. The van der Waals surface area contributed by atoms with Crippen LogP contribution in [0.3, 0.4) is 0 Å². The first-order chi connectivity index (χ1) is 43.6. The van der Waals surface area contributed by atoms with Gasteiger partial charge in [-0.05, 0) is 170 Å². The molecular weight excluding hydrogens is 1630 g/mol. The Morgan fingerprint density at radius 3 is 1.04 bits per heavy atom. The maximum Gasteiger partial charge on any atom is 2.00 e. The first-order valence-corrected chi connectivity index (χ1v) is 38.2. The summed E-state index contributed by atoms with van der Waals surface area (Å²) in [6, 6.07) is 52.6. The molecule has 5 aromatic carbocycles. The standard InChI is InChI=1S/C20H26I.2C14H20F2O3.C14H21OS.2C6H5.C4H8OS.4Co.Cu/c1-19(2,3)15-7-11-17(12-8-15)21-18-13-9-16(10-14-18)20(4,5)6;2*1-12(15,16)11(17)19-8-13-3-9-2-10(4-13)6-14(18,5-9)7-13;1-14(2,3)12-4-6-13(7-5-12)16-10-8-15-9-11-16;2*1-2-4-6-5-3-1;1-3-6-4-2-5-1;;;;;/h7-14H,1-6H3;2*9-10,18H,2-8H2,1H3;4-7H,8-11H2,1-3H3;2*1-5H;1-4H2;;;;;/q+1;;;+1;2*-1;;;;;;+2. The normalized spacial score (nSPS) is 25.4. The average molecular weight is 1740 g/mol. The summed E-state index contributed by atoms with van der Waals surface area (Å²) in [6.45, 7) is 25.4. The number of alkyl halides is 4. The van der Waals surface area contributed by atoms with Crippen molar-refractivity contribution in [3.63, 3.8) is 0 Å². The molecule has 0 aromatic heterocycles. The number of ether oxygens (including phenoxy) is 4. The van der Waals surface area contributed by atoms with Gasteiger partial charge < -0.3 is 29.2 Å². The van der Waals surface area contributed by atoms with Crippen molar-refractivity contribution in [1.82, 2.24) is 0 Å². The minimum Gasteiger partial charge on any atom is -0.461 e. The van der Waals surface area contributed by atoms with Crippen LogP contribution < -0.4 is 21.2 Å². The summed E-state index contributed by atoms with van der Waals surface area (Å²) in [5, 5.41) is 21.0. The van der Waals surface area contributed by atoms with E-state index in [1.54, 1.807) is 0 Å². The molecular formula is C78H105Co4CuF4IO8S2+2. The Morgan fingerprint density at radius 1 is 0.500 bits per heavy atom. The van der Waals surface area contributed by atoms with Crippen molar-refractivity contribution in [1.29, 1.82) is 0 Å².